The van der Waals surface area contributed by atoms with Crippen molar-refractivity contribution in [3.63, 3.8) is 0 Å². The summed E-state index contributed by atoms with van der Waals surface area (Å²) in [6, 6.07) is 14.5. The van der Waals surface area contributed by atoms with Crippen LogP contribution in [0.2, 0.25) is 0 Å². The van der Waals surface area contributed by atoms with E-state index in [-0.39, 0.29) is 12.1 Å². The maximum atomic E-state index is 13.8. The Morgan fingerprint density at radius 2 is 2.00 bits per heavy atom. The number of halogens is 1. The monoisotopic (exact) mass is 327 g/mol. The lowest BCUT2D eigenvalue weighted by molar-refractivity contribution is 0.182. The number of anilines is 1. The minimum Gasteiger partial charge on any atom is -0.386 e. The zero-order chi connectivity index (χ0) is 16.9. The third kappa shape index (κ3) is 3.41. The van der Waals surface area contributed by atoms with E-state index < -0.39 is 11.9 Å². The van der Waals surface area contributed by atoms with Gasteiger partial charge in [-0.05, 0) is 31.0 Å². The Hall–Kier alpha value is -2.40. The van der Waals surface area contributed by atoms with Gasteiger partial charge in [-0.3, -0.25) is 0 Å². The van der Waals surface area contributed by atoms with Gasteiger partial charge in [-0.2, -0.15) is 0 Å². The summed E-state index contributed by atoms with van der Waals surface area (Å²) in [4.78, 5) is 6.64. The molecule has 1 aliphatic rings. The number of aliphatic imine (C=N–C) groups is 1. The fourth-order valence-corrected chi connectivity index (χ4v) is 2.97. The molecule has 1 atom stereocenters. The van der Waals surface area contributed by atoms with Gasteiger partial charge in [-0.1, -0.05) is 36.4 Å². The summed E-state index contributed by atoms with van der Waals surface area (Å²) in [6.07, 6.45) is 0.00824. The molecule has 2 N–H and O–H groups in total. The molecule has 0 fully saturated rings. The predicted molar refractivity (Wildman–Crippen MR) is 94.8 cm³/mol. The van der Waals surface area contributed by atoms with Crippen molar-refractivity contribution >= 4 is 11.6 Å². The first-order chi connectivity index (χ1) is 11.7. The fraction of sp³-hybridized carbons (Fsp3) is 0.316. The first kappa shape index (κ1) is 16.5. The average molecular weight is 327 g/mol. The largest absolute Gasteiger partial charge is 0.386 e. The van der Waals surface area contributed by atoms with Gasteiger partial charge in [0.1, 0.15) is 11.9 Å². The van der Waals surface area contributed by atoms with E-state index in [0.29, 0.717) is 0 Å². The minimum absolute atomic E-state index is 0.113. The molecular formula is C19H22FN3O. The quantitative estimate of drug-likeness (QED) is 0.670. The van der Waals surface area contributed by atoms with E-state index in [1.54, 1.807) is 18.2 Å². The van der Waals surface area contributed by atoms with Gasteiger partial charge in [0.15, 0.2) is 5.96 Å². The molecule has 0 saturated heterocycles. The smallest absolute Gasteiger partial charge is 0.198 e. The van der Waals surface area contributed by atoms with Crippen LogP contribution in [0, 0.1) is 5.82 Å². The fourth-order valence-electron chi connectivity index (χ4n) is 2.97. The third-order valence-electron chi connectivity index (χ3n) is 4.16. The molecule has 4 nitrogen and oxygen atoms in total. The van der Waals surface area contributed by atoms with Gasteiger partial charge >= 0.3 is 0 Å². The van der Waals surface area contributed by atoms with Crippen molar-refractivity contribution in [3.05, 3.63) is 65.5 Å². The van der Waals surface area contributed by atoms with Crippen molar-refractivity contribution in [2.45, 2.75) is 19.4 Å². The number of hydrogen-bond acceptors (Lipinski definition) is 2. The van der Waals surface area contributed by atoms with Gasteiger partial charge in [0, 0.05) is 24.3 Å². The normalized spacial score (nSPS) is 15.3. The van der Waals surface area contributed by atoms with E-state index in [9.17, 15) is 9.50 Å². The molecule has 2 aromatic rings. The summed E-state index contributed by atoms with van der Waals surface area (Å²) in [5.74, 6) is 0.314. The standard InChI is InChI=1S/C19H22FN3O/c1-2-21-19(23-12-11-14-7-3-6-10-17(14)23)22-13-18(24)15-8-4-5-9-16(15)20/h3-10,18,24H,2,11-13H2,1H3,(H,21,22). The Kier molecular flexibility index (Phi) is 5.11. The van der Waals surface area contributed by atoms with Gasteiger partial charge in [-0.15, -0.1) is 0 Å². The van der Waals surface area contributed by atoms with E-state index >= 15 is 0 Å². The first-order valence-corrected chi connectivity index (χ1v) is 8.27. The molecule has 0 aromatic heterocycles. The summed E-state index contributed by atoms with van der Waals surface area (Å²) in [5, 5.41) is 13.5. The zero-order valence-corrected chi connectivity index (χ0v) is 13.7. The SMILES string of the molecule is CCNC(=NCC(O)c1ccccc1F)N1CCc2ccccc21. The lowest BCUT2D eigenvalue weighted by Gasteiger charge is -2.23. The number of fused-ring (bicyclic) bond motifs is 1. The summed E-state index contributed by atoms with van der Waals surface area (Å²) in [7, 11) is 0. The average Bonchev–Trinajstić information content (AvgIpc) is 3.03. The number of aliphatic hydroxyl groups is 1. The second-order valence-electron chi connectivity index (χ2n) is 5.76. The Morgan fingerprint density at radius 1 is 1.25 bits per heavy atom. The molecular weight excluding hydrogens is 305 g/mol. The highest BCUT2D eigenvalue weighted by atomic mass is 19.1. The second kappa shape index (κ2) is 7.45. The number of hydrogen-bond donors (Lipinski definition) is 2. The van der Waals surface area contributed by atoms with Crippen LogP contribution in [0.25, 0.3) is 0 Å². The van der Waals surface area contributed by atoms with E-state index in [4.69, 9.17) is 0 Å². The minimum atomic E-state index is -0.960. The van der Waals surface area contributed by atoms with Crippen LogP contribution in [0.1, 0.15) is 24.2 Å². The van der Waals surface area contributed by atoms with Gasteiger partial charge < -0.3 is 15.3 Å². The molecule has 0 aliphatic carbocycles. The molecule has 24 heavy (non-hydrogen) atoms. The van der Waals surface area contributed by atoms with Crippen LogP contribution in [-0.2, 0) is 6.42 Å². The van der Waals surface area contributed by atoms with Crippen molar-refractivity contribution < 1.29 is 9.50 Å². The second-order valence-corrected chi connectivity index (χ2v) is 5.76. The molecule has 1 aliphatic heterocycles. The molecule has 0 spiro atoms. The van der Waals surface area contributed by atoms with Crippen LogP contribution in [0.3, 0.4) is 0 Å². The molecule has 0 amide bonds. The van der Waals surface area contributed by atoms with E-state index in [1.807, 2.05) is 19.1 Å². The summed E-state index contributed by atoms with van der Waals surface area (Å²) >= 11 is 0. The molecule has 2 aromatic carbocycles. The lowest BCUT2D eigenvalue weighted by atomic mass is 10.1. The van der Waals surface area contributed by atoms with Crippen LogP contribution in [-0.4, -0.2) is 30.7 Å². The van der Waals surface area contributed by atoms with Crippen molar-refractivity contribution in [3.8, 4) is 0 Å². The number of aliphatic hydroxyl groups excluding tert-OH is 1. The third-order valence-corrected chi connectivity index (χ3v) is 4.16. The predicted octanol–water partition coefficient (Wildman–Crippen LogP) is 2.89. The number of rotatable bonds is 4. The molecule has 0 radical (unpaired) electrons. The first-order valence-electron chi connectivity index (χ1n) is 8.27. The Bertz CT molecular complexity index is 732. The number of benzene rings is 2. The van der Waals surface area contributed by atoms with Crippen LogP contribution >= 0.6 is 0 Å². The van der Waals surface area contributed by atoms with Crippen molar-refractivity contribution in [1.29, 1.82) is 0 Å². The summed E-state index contributed by atoms with van der Waals surface area (Å²) < 4.78 is 13.8. The maximum Gasteiger partial charge on any atom is 0.198 e. The van der Waals surface area contributed by atoms with Crippen LogP contribution < -0.4 is 10.2 Å². The van der Waals surface area contributed by atoms with E-state index in [1.165, 1.54) is 11.6 Å². The van der Waals surface area contributed by atoms with Crippen molar-refractivity contribution in [1.82, 2.24) is 5.32 Å². The molecule has 1 unspecified atom stereocenters. The lowest BCUT2D eigenvalue weighted by Crippen LogP contribution is -2.40. The summed E-state index contributed by atoms with van der Waals surface area (Å²) in [5.41, 5.74) is 2.70. The van der Waals surface area contributed by atoms with Crippen molar-refractivity contribution in [2.75, 3.05) is 24.5 Å². The molecule has 5 heteroatoms. The van der Waals surface area contributed by atoms with Gasteiger partial charge in [0.05, 0.1) is 6.54 Å². The highest BCUT2D eigenvalue weighted by Gasteiger charge is 2.22. The van der Waals surface area contributed by atoms with E-state index in [2.05, 4.69) is 27.3 Å². The molecule has 0 saturated carbocycles. The number of para-hydroxylation sites is 1. The highest BCUT2D eigenvalue weighted by molar-refractivity contribution is 5.97. The molecule has 3 rings (SSSR count). The van der Waals surface area contributed by atoms with E-state index in [0.717, 1.165) is 31.2 Å². The Balaban J connectivity index is 1.79. The number of nitrogens with one attached hydrogen (secondary N) is 1. The summed E-state index contributed by atoms with van der Waals surface area (Å²) in [6.45, 7) is 3.70. The molecule has 1 heterocycles. The zero-order valence-electron chi connectivity index (χ0n) is 13.7. The van der Waals surface area contributed by atoms with Crippen molar-refractivity contribution in [2.24, 2.45) is 4.99 Å². The number of nitrogens with zero attached hydrogens (tertiary/aromatic N) is 2. The van der Waals surface area contributed by atoms with Crippen LogP contribution in [0.15, 0.2) is 53.5 Å². The Morgan fingerprint density at radius 3 is 2.79 bits per heavy atom. The maximum absolute atomic E-state index is 13.8. The molecule has 126 valence electrons. The number of guanidine groups is 1. The molecule has 0 bridgehead atoms. The van der Waals surface area contributed by atoms with Gasteiger partial charge in [-0.25, -0.2) is 9.38 Å². The van der Waals surface area contributed by atoms with Crippen LogP contribution in [0.4, 0.5) is 10.1 Å². The highest BCUT2D eigenvalue weighted by Crippen LogP contribution is 2.27. The van der Waals surface area contributed by atoms with Gasteiger partial charge in [0.2, 0.25) is 0 Å². The van der Waals surface area contributed by atoms with Gasteiger partial charge in [0.25, 0.3) is 0 Å². The van der Waals surface area contributed by atoms with Crippen LogP contribution in [0.5, 0.6) is 0 Å². The Labute approximate surface area is 141 Å². The topological polar surface area (TPSA) is 47.9 Å².